The molecule has 3 aromatic carbocycles. The van der Waals surface area contributed by atoms with Gasteiger partial charge in [0.1, 0.15) is 0 Å². The molecular formula is C36H34BrN3O8S. The molecule has 13 heteroatoms. The Morgan fingerprint density at radius 3 is 2.27 bits per heavy atom. The molecule has 0 saturated heterocycles. The van der Waals surface area contributed by atoms with E-state index in [-0.39, 0.29) is 25.4 Å². The summed E-state index contributed by atoms with van der Waals surface area (Å²) in [5.41, 5.74) is 2.73. The first-order valence-corrected chi connectivity index (χ1v) is 17.2. The maximum Gasteiger partial charge on any atom is 0.338 e. The number of carbonyl (C=O) groups is 3. The van der Waals surface area contributed by atoms with Crippen LogP contribution in [0.2, 0.25) is 0 Å². The molecular weight excluding hydrogens is 714 g/mol. The molecule has 1 atom stereocenters. The number of amides is 1. The third-order valence-electron chi connectivity index (χ3n) is 7.32. The van der Waals surface area contributed by atoms with Crippen molar-refractivity contribution in [2.24, 2.45) is 4.99 Å². The van der Waals surface area contributed by atoms with Crippen molar-refractivity contribution in [3.63, 3.8) is 0 Å². The summed E-state index contributed by atoms with van der Waals surface area (Å²) in [4.78, 5) is 56.8. The number of hydrogen-bond donors (Lipinski definition) is 1. The highest BCUT2D eigenvalue weighted by molar-refractivity contribution is 9.10. The number of esters is 2. The van der Waals surface area contributed by atoms with Gasteiger partial charge in [0.25, 0.3) is 11.5 Å². The van der Waals surface area contributed by atoms with E-state index in [2.05, 4.69) is 26.2 Å². The van der Waals surface area contributed by atoms with E-state index in [1.807, 2.05) is 37.3 Å². The molecule has 0 bridgehead atoms. The minimum Gasteiger partial charge on any atom is -0.490 e. The maximum atomic E-state index is 14.0. The Labute approximate surface area is 294 Å². The monoisotopic (exact) mass is 747 g/mol. The first-order chi connectivity index (χ1) is 23.6. The van der Waals surface area contributed by atoms with Crippen LogP contribution in [-0.2, 0) is 19.1 Å². The Morgan fingerprint density at radius 2 is 1.59 bits per heavy atom. The highest BCUT2D eigenvalue weighted by Crippen LogP contribution is 2.35. The molecule has 1 aromatic heterocycles. The van der Waals surface area contributed by atoms with E-state index in [1.54, 1.807) is 63.2 Å². The fourth-order valence-corrected chi connectivity index (χ4v) is 6.64. The van der Waals surface area contributed by atoms with Crippen molar-refractivity contribution < 1.29 is 33.3 Å². The zero-order valence-electron chi connectivity index (χ0n) is 27.3. The average molecular weight is 749 g/mol. The van der Waals surface area contributed by atoms with E-state index in [1.165, 1.54) is 15.9 Å². The van der Waals surface area contributed by atoms with E-state index in [9.17, 15) is 19.2 Å². The molecule has 0 fully saturated rings. The number of nitrogens with one attached hydrogen (secondary N) is 1. The Balaban J connectivity index is 1.42. The van der Waals surface area contributed by atoms with Gasteiger partial charge in [-0.2, -0.15) is 0 Å². The summed E-state index contributed by atoms with van der Waals surface area (Å²) in [5.74, 6) is -0.688. The van der Waals surface area contributed by atoms with Gasteiger partial charge in [0.2, 0.25) is 0 Å². The van der Waals surface area contributed by atoms with Crippen LogP contribution >= 0.6 is 27.3 Å². The molecule has 0 radical (unpaired) electrons. The van der Waals surface area contributed by atoms with Crippen molar-refractivity contribution in [1.82, 2.24) is 4.57 Å². The predicted octanol–water partition coefficient (Wildman–Crippen LogP) is 5.15. The van der Waals surface area contributed by atoms with Crippen LogP contribution in [-0.4, -0.2) is 48.8 Å². The van der Waals surface area contributed by atoms with E-state index in [0.717, 1.165) is 5.56 Å². The van der Waals surface area contributed by atoms with E-state index < -0.39 is 23.9 Å². The molecule has 1 amide bonds. The molecule has 4 aromatic rings. The van der Waals surface area contributed by atoms with Crippen molar-refractivity contribution >= 4 is 56.9 Å². The van der Waals surface area contributed by atoms with Crippen molar-refractivity contribution in [3.05, 3.63) is 119 Å². The summed E-state index contributed by atoms with van der Waals surface area (Å²) in [6.45, 7) is 7.49. The number of carbonyl (C=O) groups excluding carboxylic acids is 3. The lowest BCUT2D eigenvalue weighted by atomic mass is 9.96. The zero-order valence-corrected chi connectivity index (χ0v) is 29.7. The molecule has 5 rings (SSSR count). The van der Waals surface area contributed by atoms with Crippen LogP contribution in [0.4, 0.5) is 5.69 Å². The number of benzene rings is 3. The summed E-state index contributed by atoms with van der Waals surface area (Å²) in [6, 6.07) is 18.3. The molecule has 1 aliphatic heterocycles. The van der Waals surface area contributed by atoms with Crippen LogP contribution in [0.3, 0.4) is 0 Å². The van der Waals surface area contributed by atoms with Crippen LogP contribution in [0.15, 0.2) is 92.3 Å². The molecule has 0 saturated carbocycles. The summed E-state index contributed by atoms with van der Waals surface area (Å²) in [5, 5.41) is 2.73. The number of hydrogen-bond acceptors (Lipinski definition) is 10. The number of halogens is 1. The number of nitrogens with zero attached hydrogens (tertiary/aromatic N) is 2. The molecule has 2 heterocycles. The van der Waals surface area contributed by atoms with Gasteiger partial charge in [0.15, 0.2) is 22.9 Å². The highest BCUT2D eigenvalue weighted by Gasteiger charge is 2.33. The second-order valence-corrected chi connectivity index (χ2v) is 12.5. The summed E-state index contributed by atoms with van der Waals surface area (Å²) < 4.78 is 24.5. The van der Waals surface area contributed by atoms with Crippen LogP contribution < -0.4 is 29.7 Å². The minimum atomic E-state index is -0.710. The Kier molecular flexibility index (Phi) is 11.5. The van der Waals surface area contributed by atoms with Gasteiger partial charge in [-0.15, -0.1) is 0 Å². The standard InChI is InChI=1S/C36H34BrN3O8S/c1-5-45-27-17-24(26(37)19-28(27)48-20-30(41)39-25-15-13-23(14-16-25)34(43)46-6-2)18-29-33(42)40-32(22-11-9-8-10-12-22)31(35(44)47-7-3)21(4)38-36(40)49-29/h8-19,32H,5-7,20H2,1-4H3,(H,39,41)/b29-18+. The topological polar surface area (TPSA) is 135 Å². The SMILES string of the molecule is CCOC(=O)C1=C(C)N=c2s/c(=C/c3cc(OCC)c(OCC(=O)Nc4ccc(C(=O)OCC)cc4)cc3Br)c(=O)n2C1c1ccccc1. The van der Waals surface area contributed by atoms with Crippen LogP contribution in [0.25, 0.3) is 6.08 Å². The fourth-order valence-electron chi connectivity index (χ4n) is 5.17. The second kappa shape index (κ2) is 15.9. The number of anilines is 1. The Morgan fingerprint density at radius 1 is 0.918 bits per heavy atom. The summed E-state index contributed by atoms with van der Waals surface area (Å²) >= 11 is 4.79. The molecule has 0 spiro atoms. The van der Waals surface area contributed by atoms with Crippen molar-refractivity contribution in [2.75, 3.05) is 31.7 Å². The Bertz CT molecular complexity index is 2090. The molecule has 254 valence electrons. The lowest BCUT2D eigenvalue weighted by Crippen LogP contribution is -2.39. The first kappa shape index (κ1) is 35.3. The quantitative estimate of drug-likeness (QED) is 0.197. The van der Waals surface area contributed by atoms with Gasteiger partial charge >= 0.3 is 11.9 Å². The number of thiazole rings is 1. The fraction of sp³-hybridized carbons (Fsp3) is 0.250. The second-order valence-electron chi connectivity index (χ2n) is 10.6. The predicted molar refractivity (Wildman–Crippen MR) is 189 cm³/mol. The maximum absolute atomic E-state index is 14.0. The molecule has 11 nitrogen and oxygen atoms in total. The van der Waals surface area contributed by atoms with E-state index >= 15 is 0 Å². The smallest absolute Gasteiger partial charge is 0.338 e. The summed E-state index contributed by atoms with van der Waals surface area (Å²) in [6.07, 6.45) is 1.72. The van der Waals surface area contributed by atoms with Crippen LogP contribution in [0.5, 0.6) is 11.5 Å². The third kappa shape index (κ3) is 8.01. The van der Waals surface area contributed by atoms with Crippen LogP contribution in [0, 0.1) is 0 Å². The largest absolute Gasteiger partial charge is 0.490 e. The minimum absolute atomic E-state index is 0.189. The lowest BCUT2D eigenvalue weighted by Gasteiger charge is -2.24. The number of rotatable bonds is 12. The Hall–Kier alpha value is -5.01. The number of fused-ring (bicyclic) bond motifs is 1. The van der Waals surface area contributed by atoms with Gasteiger partial charge in [-0.05, 0) is 81.3 Å². The molecule has 1 N–H and O–H groups in total. The highest BCUT2D eigenvalue weighted by atomic mass is 79.9. The van der Waals surface area contributed by atoms with Gasteiger partial charge in [0, 0.05) is 10.2 Å². The van der Waals surface area contributed by atoms with Crippen molar-refractivity contribution in [2.45, 2.75) is 33.7 Å². The van der Waals surface area contributed by atoms with Gasteiger partial charge in [0.05, 0.1) is 47.2 Å². The normalized spacial score (nSPS) is 14.1. The van der Waals surface area contributed by atoms with Crippen LogP contribution in [0.1, 0.15) is 55.2 Å². The van der Waals surface area contributed by atoms with Gasteiger partial charge in [-0.3, -0.25) is 14.2 Å². The first-order valence-electron chi connectivity index (χ1n) is 15.6. The number of allylic oxidation sites excluding steroid dienone is 1. The summed E-state index contributed by atoms with van der Waals surface area (Å²) in [7, 11) is 0. The van der Waals surface area contributed by atoms with E-state index in [0.29, 0.717) is 60.0 Å². The molecule has 49 heavy (non-hydrogen) atoms. The number of aromatic nitrogens is 1. The van der Waals surface area contributed by atoms with Gasteiger partial charge in [-0.25, -0.2) is 14.6 Å². The van der Waals surface area contributed by atoms with Gasteiger partial charge in [-0.1, -0.05) is 57.6 Å². The lowest BCUT2D eigenvalue weighted by molar-refractivity contribution is -0.139. The van der Waals surface area contributed by atoms with Crippen molar-refractivity contribution in [3.8, 4) is 11.5 Å². The molecule has 0 aliphatic carbocycles. The third-order valence-corrected chi connectivity index (χ3v) is 8.99. The van der Waals surface area contributed by atoms with E-state index in [4.69, 9.17) is 18.9 Å². The molecule has 1 unspecified atom stereocenters. The number of ether oxygens (including phenoxy) is 4. The zero-order chi connectivity index (χ0) is 35.1. The average Bonchev–Trinajstić information content (AvgIpc) is 3.39. The van der Waals surface area contributed by atoms with Gasteiger partial charge < -0.3 is 24.3 Å². The molecule has 1 aliphatic rings. The van der Waals surface area contributed by atoms with Crippen molar-refractivity contribution in [1.29, 1.82) is 0 Å².